The van der Waals surface area contributed by atoms with Crippen LogP contribution >= 0.6 is 0 Å². The maximum Gasteiger partial charge on any atom is 0.0750 e. The number of nitrogens with one attached hydrogen (secondary N) is 2. The molecule has 2 heterocycles. The topological polar surface area (TPSA) is 33.3 Å². The van der Waals surface area contributed by atoms with Crippen LogP contribution < -0.4 is 10.6 Å². The normalized spacial score (nSPS) is 36.4. The largest absolute Gasteiger partial charge is 0.380 e. The summed E-state index contributed by atoms with van der Waals surface area (Å²) < 4.78 is 5.43. The van der Waals surface area contributed by atoms with Crippen LogP contribution in [-0.2, 0) is 4.74 Å². The van der Waals surface area contributed by atoms with Gasteiger partial charge in [-0.2, -0.15) is 0 Å². The third-order valence-corrected chi connectivity index (χ3v) is 3.72. The van der Waals surface area contributed by atoms with Crippen LogP contribution in [0.25, 0.3) is 0 Å². The van der Waals surface area contributed by atoms with Crippen LogP contribution in [0, 0.1) is 11.5 Å². The molecule has 2 aliphatic heterocycles. The highest BCUT2D eigenvalue weighted by molar-refractivity contribution is 5.15. The minimum absolute atomic E-state index is 0.248. The molecule has 1 spiro atoms. The van der Waals surface area contributed by atoms with E-state index in [0.717, 1.165) is 13.1 Å². The van der Waals surface area contributed by atoms with Gasteiger partial charge in [-0.25, -0.2) is 0 Å². The Morgan fingerprint density at radius 2 is 2.21 bits per heavy atom. The van der Waals surface area contributed by atoms with Crippen LogP contribution in [0.5, 0.6) is 0 Å². The monoisotopic (exact) mass is 197 g/mol. The molecule has 0 bridgehead atoms. The fraction of sp³-hybridized carbons (Fsp3) is 0.909. The Balaban J connectivity index is 2.07. The molecule has 2 saturated heterocycles. The molecule has 2 rings (SSSR count). The van der Waals surface area contributed by atoms with Crippen molar-refractivity contribution in [2.24, 2.45) is 5.41 Å². The minimum atomic E-state index is 0.248. The maximum absolute atomic E-state index is 5.43. The smallest absolute Gasteiger partial charge is 0.0750 e. The van der Waals surface area contributed by atoms with Crippen molar-refractivity contribution in [3.05, 3.63) is 6.04 Å². The van der Waals surface area contributed by atoms with Crippen LogP contribution in [0.1, 0.15) is 26.2 Å². The highest BCUT2D eigenvalue weighted by Gasteiger charge is 2.46. The van der Waals surface area contributed by atoms with Crippen molar-refractivity contribution in [1.82, 2.24) is 10.6 Å². The summed E-state index contributed by atoms with van der Waals surface area (Å²) in [5, 5.41) is 7.03. The molecule has 0 aromatic rings. The first-order chi connectivity index (χ1) is 6.78. The molecule has 2 N–H and O–H groups in total. The van der Waals surface area contributed by atoms with Gasteiger partial charge >= 0.3 is 0 Å². The second-order valence-electron chi connectivity index (χ2n) is 4.53. The third kappa shape index (κ3) is 1.69. The van der Waals surface area contributed by atoms with Gasteiger partial charge in [0.25, 0.3) is 0 Å². The fourth-order valence-electron chi connectivity index (χ4n) is 2.86. The number of hydrogen-bond acceptors (Lipinski definition) is 3. The second-order valence-corrected chi connectivity index (χ2v) is 4.53. The lowest BCUT2D eigenvalue weighted by atomic mass is 9.73. The molecule has 2 fully saturated rings. The molecule has 0 aromatic heterocycles. The Hall–Kier alpha value is -0.120. The zero-order chi connectivity index (χ0) is 10.0. The number of rotatable bonds is 2. The number of ether oxygens (including phenoxy) is 1. The van der Waals surface area contributed by atoms with Crippen molar-refractivity contribution in [1.29, 1.82) is 0 Å². The molecule has 3 heteroatoms. The van der Waals surface area contributed by atoms with E-state index in [1.807, 2.05) is 0 Å². The van der Waals surface area contributed by atoms with Crippen LogP contribution in [0.2, 0.25) is 0 Å². The lowest BCUT2D eigenvalue weighted by molar-refractivity contribution is 0.0819. The van der Waals surface area contributed by atoms with Crippen molar-refractivity contribution < 1.29 is 4.74 Å². The first-order valence-corrected chi connectivity index (χ1v) is 5.63. The highest BCUT2D eigenvalue weighted by Crippen LogP contribution is 2.43. The van der Waals surface area contributed by atoms with Gasteiger partial charge in [-0.3, -0.25) is 0 Å². The molecule has 81 valence electrons. The van der Waals surface area contributed by atoms with E-state index in [-0.39, 0.29) is 6.10 Å². The van der Waals surface area contributed by atoms with E-state index < -0.39 is 0 Å². The molecule has 14 heavy (non-hydrogen) atoms. The van der Waals surface area contributed by atoms with Gasteiger partial charge in [0, 0.05) is 19.1 Å². The Labute approximate surface area is 86.6 Å². The van der Waals surface area contributed by atoms with E-state index in [9.17, 15) is 0 Å². The van der Waals surface area contributed by atoms with E-state index in [1.165, 1.54) is 31.8 Å². The Morgan fingerprint density at radius 1 is 1.36 bits per heavy atom. The van der Waals surface area contributed by atoms with Crippen molar-refractivity contribution in [3.63, 3.8) is 0 Å². The van der Waals surface area contributed by atoms with Crippen LogP contribution in [0.4, 0.5) is 0 Å². The Morgan fingerprint density at radius 3 is 2.86 bits per heavy atom. The van der Waals surface area contributed by atoms with Crippen LogP contribution in [0.15, 0.2) is 0 Å². The van der Waals surface area contributed by atoms with Gasteiger partial charge in [0.2, 0.25) is 0 Å². The van der Waals surface area contributed by atoms with Gasteiger partial charge in [0.05, 0.1) is 12.1 Å². The van der Waals surface area contributed by atoms with Crippen molar-refractivity contribution in [2.75, 3.05) is 26.7 Å². The summed E-state index contributed by atoms with van der Waals surface area (Å²) in [6.45, 7) is 5.56. The summed E-state index contributed by atoms with van der Waals surface area (Å²) in [7, 11) is 1.79. The zero-order valence-electron chi connectivity index (χ0n) is 9.23. The second kappa shape index (κ2) is 4.17. The van der Waals surface area contributed by atoms with E-state index >= 15 is 0 Å². The molecule has 0 amide bonds. The summed E-state index contributed by atoms with van der Waals surface area (Å²) in [5.74, 6) is 0. The van der Waals surface area contributed by atoms with Gasteiger partial charge in [-0.15, -0.1) is 0 Å². The molecule has 1 radical (unpaired) electrons. The summed E-state index contributed by atoms with van der Waals surface area (Å²) in [6, 6.07) is 1.42. The summed E-state index contributed by atoms with van der Waals surface area (Å²) in [6.07, 6.45) is 4.12. The predicted molar refractivity (Wildman–Crippen MR) is 56.9 cm³/mol. The molecule has 2 unspecified atom stereocenters. The van der Waals surface area contributed by atoms with Crippen molar-refractivity contribution in [3.8, 4) is 0 Å². The predicted octanol–water partition coefficient (Wildman–Crippen LogP) is 0.916. The highest BCUT2D eigenvalue weighted by atomic mass is 16.5. The molecular weight excluding hydrogens is 176 g/mol. The first kappa shape index (κ1) is 10.4. The molecular formula is C11H21N2O. The minimum Gasteiger partial charge on any atom is -0.380 e. The average Bonchev–Trinajstić information content (AvgIpc) is 2.62. The Bertz CT molecular complexity index is 190. The van der Waals surface area contributed by atoms with Gasteiger partial charge in [0.1, 0.15) is 0 Å². The fourth-order valence-corrected chi connectivity index (χ4v) is 2.86. The average molecular weight is 197 g/mol. The van der Waals surface area contributed by atoms with E-state index in [0.29, 0.717) is 5.41 Å². The van der Waals surface area contributed by atoms with Gasteiger partial charge in [-0.1, -0.05) is 0 Å². The zero-order valence-corrected chi connectivity index (χ0v) is 9.23. The molecule has 3 nitrogen and oxygen atoms in total. The summed E-state index contributed by atoms with van der Waals surface area (Å²) in [4.78, 5) is 0. The van der Waals surface area contributed by atoms with Gasteiger partial charge in [0.15, 0.2) is 0 Å². The molecule has 0 aliphatic carbocycles. The number of methoxy groups -OCH3 is 1. The lowest BCUT2D eigenvalue weighted by Crippen LogP contribution is -2.47. The standard InChI is InChI=1S/C11H21N2O/c1-9(14-2)10-11(5-7-13-10)4-3-6-12-8-11/h9,12-13H,3-8H2,1-2H3. The van der Waals surface area contributed by atoms with E-state index in [1.54, 1.807) is 7.11 Å². The van der Waals surface area contributed by atoms with Crippen LogP contribution in [-0.4, -0.2) is 32.8 Å². The molecule has 0 saturated carbocycles. The SMILES string of the molecule is COC(C)[C]1NCCC12CCCNC2. The Kier molecular flexibility index (Phi) is 3.10. The summed E-state index contributed by atoms with van der Waals surface area (Å²) in [5.41, 5.74) is 0.383. The molecule has 0 aromatic carbocycles. The third-order valence-electron chi connectivity index (χ3n) is 3.72. The first-order valence-electron chi connectivity index (χ1n) is 5.63. The van der Waals surface area contributed by atoms with Gasteiger partial charge in [-0.05, 0) is 39.3 Å². The van der Waals surface area contributed by atoms with Gasteiger partial charge < -0.3 is 15.4 Å². The van der Waals surface area contributed by atoms with E-state index in [4.69, 9.17) is 4.74 Å². The molecule has 2 atom stereocenters. The number of hydrogen-bond donors (Lipinski definition) is 2. The summed E-state index contributed by atoms with van der Waals surface area (Å²) >= 11 is 0. The van der Waals surface area contributed by atoms with Crippen molar-refractivity contribution >= 4 is 0 Å². The maximum atomic E-state index is 5.43. The number of piperidine rings is 1. The van der Waals surface area contributed by atoms with Crippen molar-refractivity contribution in [2.45, 2.75) is 32.3 Å². The lowest BCUT2D eigenvalue weighted by Gasteiger charge is -2.40. The van der Waals surface area contributed by atoms with Crippen LogP contribution in [0.3, 0.4) is 0 Å². The molecule has 2 aliphatic rings. The van der Waals surface area contributed by atoms with E-state index in [2.05, 4.69) is 17.6 Å². The quantitative estimate of drug-likeness (QED) is 0.690.